The third kappa shape index (κ3) is 5.13. The van der Waals surface area contributed by atoms with Crippen molar-refractivity contribution in [2.75, 3.05) is 18.1 Å². The molecule has 17 heteroatoms. The largest absolute Gasteiger partial charge is 0.477 e. The number of aliphatic carboxylic acids is 1. The number of β-lactam (4-membered cyclic amide) rings is 1. The summed E-state index contributed by atoms with van der Waals surface area (Å²) in [6.07, 6.45) is -0.865. The Morgan fingerprint density at radius 3 is 2.91 bits per heavy atom. The molecule has 0 saturated carbocycles. The molecule has 2 amide bonds. The number of nitriles is 1. The van der Waals surface area contributed by atoms with Gasteiger partial charge in [0.1, 0.15) is 29.8 Å². The van der Waals surface area contributed by atoms with Gasteiger partial charge in [0.05, 0.1) is 12.7 Å². The predicted octanol–water partition coefficient (Wildman–Crippen LogP) is -0.403. The minimum Gasteiger partial charge on any atom is -0.477 e. The van der Waals surface area contributed by atoms with Crippen molar-refractivity contribution in [2.45, 2.75) is 36.2 Å². The summed E-state index contributed by atoms with van der Waals surface area (Å²) in [5, 5.41) is 31.2. The Balaban J connectivity index is 1.72. The Labute approximate surface area is 189 Å². The third-order valence-electron chi connectivity index (χ3n) is 4.32. The van der Waals surface area contributed by atoms with Crippen LogP contribution in [0.1, 0.15) is 13.3 Å². The number of carboxylic acids is 1. The summed E-state index contributed by atoms with van der Waals surface area (Å²) >= 11 is 2.33. The van der Waals surface area contributed by atoms with Crippen molar-refractivity contribution < 1.29 is 33.5 Å². The SMILES string of the molecule is CCOP(=O)(O)Cn1nnnc1SCC1=C(C(=O)O)N2C(=O)[C@@H](NC(=O)CC#N)[C@H]2SC1. The molecule has 32 heavy (non-hydrogen) atoms. The lowest BCUT2D eigenvalue weighted by atomic mass is 10.0. The van der Waals surface area contributed by atoms with Crippen LogP contribution in [0.4, 0.5) is 0 Å². The number of carbonyl (C=O) groups excluding carboxylic acids is 2. The van der Waals surface area contributed by atoms with Crippen LogP contribution in [0.5, 0.6) is 0 Å². The summed E-state index contributed by atoms with van der Waals surface area (Å²) in [6, 6.07) is 0.794. The lowest BCUT2D eigenvalue weighted by Gasteiger charge is -2.49. The molecule has 3 atom stereocenters. The molecule has 2 aliphatic rings. The van der Waals surface area contributed by atoms with Gasteiger partial charge < -0.3 is 19.8 Å². The number of nitrogens with one attached hydrogen (secondary N) is 1. The summed E-state index contributed by atoms with van der Waals surface area (Å²) in [5.41, 5.74) is 0.253. The molecule has 1 aromatic heterocycles. The van der Waals surface area contributed by atoms with Gasteiger partial charge in [-0.05, 0) is 22.9 Å². The topological polar surface area (TPSA) is 201 Å². The molecule has 2 aliphatic heterocycles. The summed E-state index contributed by atoms with van der Waals surface area (Å²) in [4.78, 5) is 46.9. The maximum absolute atomic E-state index is 12.5. The van der Waals surface area contributed by atoms with Crippen LogP contribution in [0.3, 0.4) is 0 Å². The van der Waals surface area contributed by atoms with Crippen molar-refractivity contribution in [2.24, 2.45) is 0 Å². The van der Waals surface area contributed by atoms with Gasteiger partial charge in [-0.15, -0.1) is 16.9 Å². The van der Waals surface area contributed by atoms with Crippen LogP contribution in [0.2, 0.25) is 0 Å². The first-order chi connectivity index (χ1) is 15.2. The van der Waals surface area contributed by atoms with E-state index in [1.54, 1.807) is 13.0 Å². The molecule has 0 bridgehead atoms. The lowest BCUT2D eigenvalue weighted by Crippen LogP contribution is -2.70. The van der Waals surface area contributed by atoms with E-state index >= 15 is 0 Å². The van der Waals surface area contributed by atoms with Crippen LogP contribution >= 0.6 is 31.1 Å². The van der Waals surface area contributed by atoms with Crippen molar-refractivity contribution in [1.82, 2.24) is 30.4 Å². The number of aromatic nitrogens is 4. The van der Waals surface area contributed by atoms with Crippen molar-refractivity contribution in [1.29, 1.82) is 5.26 Å². The maximum atomic E-state index is 12.5. The van der Waals surface area contributed by atoms with Crippen molar-refractivity contribution in [3.8, 4) is 6.07 Å². The number of rotatable bonds is 10. The quantitative estimate of drug-likeness (QED) is 0.212. The molecule has 172 valence electrons. The van der Waals surface area contributed by atoms with E-state index in [2.05, 4.69) is 20.8 Å². The van der Waals surface area contributed by atoms with E-state index in [0.717, 1.165) is 21.3 Å². The first-order valence-electron chi connectivity index (χ1n) is 9.10. The summed E-state index contributed by atoms with van der Waals surface area (Å²) in [5.74, 6) is -2.09. The van der Waals surface area contributed by atoms with E-state index < -0.39 is 49.5 Å². The zero-order valence-electron chi connectivity index (χ0n) is 16.6. The van der Waals surface area contributed by atoms with Crippen LogP contribution in [0.15, 0.2) is 16.4 Å². The summed E-state index contributed by atoms with van der Waals surface area (Å²) < 4.78 is 17.9. The number of hydrogen-bond donors (Lipinski definition) is 3. The summed E-state index contributed by atoms with van der Waals surface area (Å²) in [7, 11) is -3.94. The highest BCUT2D eigenvalue weighted by Crippen LogP contribution is 2.44. The second kappa shape index (κ2) is 10.0. The van der Waals surface area contributed by atoms with E-state index in [0.29, 0.717) is 5.57 Å². The number of thioether (sulfide) groups is 2. The molecule has 1 saturated heterocycles. The smallest absolute Gasteiger partial charge is 0.352 e. The van der Waals surface area contributed by atoms with Gasteiger partial charge >= 0.3 is 13.6 Å². The van der Waals surface area contributed by atoms with E-state index in [1.165, 1.54) is 11.8 Å². The Bertz CT molecular complexity index is 1060. The number of nitrogens with zero attached hydrogens (tertiary/aromatic N) is 6. The average Bonchev–Trinajstić information content (AvgIpc) is 3.15. The molecule has 1 fully saturated rings. The molecule has 3 N–H and O–H groups in total. The van der Waals surface area contributed by atoms with Crippen molar-refractivity contribution >= 4 is 48.9 Å². The fourth-order valence-corrected chi connectivity index (χ4v) is 6.51. The van der Waals surface area contributed by atoms with Gasteiger partial charge in [-0.25, -0.2) is 9.48 Å². The van der Waals surface area contributed by atoms with Gasteiger partial charge in [-0.2, -0.15) is 5.26 Å². The van der Waals surface area contributed by atoms with Crippen LogP contribution in [-0.2, 0) is 29.8 Å². The first-order valence-corrected chi connectivity index (χ1v) is 12.9. The molecular weight excluding hydrogens is 485 g/mol. The zero-order valence-corrected chi connectivity index (χ0v) is 19.1. The number of fused-ring (bicyclic) bond motifs is 1. The molecule has 14 nitrogen and oxygen atoms in total. The number of carbonyl (C=O) groups is 3. The molecule has 3 rings (SSSR count). The standard InChI is InChI=1S/C15H18N7O7PS2/c1-2-29-30(27,28)7-21-15(18-19-20-21)32-6-8-5-31-13-10(17-9(23)3-4-16)12(24)22(13)11(8)14(25)26/h10,13H,2-3,5-7H2,1H3,(H,17,23)(H,25,26)(H,27,28)/t10-,13-/m1/s1. The lowest BCUT2D eigenvalue weighted by molar-refractivity contribution is -0.150. The Hall–Kier alpha value is -2.44. The van der Waals surface area contributed by atoms with Crippen molar-refractivity contribution in [3.63, 3.8) is 0 Å². The van der Waals surface area contributed by atoms with Crippen LogP contribution < -0.4 is 5.32 Å². The first kappa shape index (κ1) is 24.2. The van der Waals surface area contributed by atoms with Gasteiger partial charge in [-0.3, -0.25) is 19.1 Å². The average molecular weight is 503 g/mol. The van der Waals surface area contributed by atoms with Crippen LogP contribution in [0, 0.1) is 11.3 Å². The predicted molar refractivity (Wildman–Crippen MR) is 110 cm³/mol. The highest BCUT2D eigenvalue weighted by atomic mass is 32.2. The van der Waals surface area contributed by atoms with E-state index in [-0.39, 0.29) is 29.0 Å². The second-order valence-corrected chi connectivity index (χ2v) is 10.4. The number of carboxylic acid groups (broad SMARTS) is 1. The van der Waals surface area contributed by atoms with Crippen LogP contribution in [0.25, 0.3) is 0 Å². The monoisotopic (exact) mass is 503 g/mol. The summed E-state index contributed by atoms with van der Waals surface area (Å²) in [6.45, 7) is 1.61. The van der Waals surface area contributed by atoms with E-state index in [1.807, 2.05) is 0 Å². The van der Waals surface area contributed by atoms with Gasteiger partial charge in [-0.1, -0.05) is 11.8 Å². The highest BCUT2D eigenvalue weighted by molar-refractivity contribution is 8.01. The van der Waals surface area contributed by atoms with Gasteiger partial charge in [0.25, 0.3) is 5.91 Å². The Morgan fingerprint density at radius 2 is 2.25 bits per heavy atom. The highest BCUT2D eigenvalue weighted by Gasteiger charge is 2.54. The molecular formula is C15H18N7O7PS2. The van der Waals surface area contributed by atoms with Gasteiger partial charge in [0.15, 0.2) is 0 Å². The fraction of sp³-hybridized carbons (Fsp3) is 0.533. The number of hydrogen-bond acceptors (Lipinski definition) is 11. The number of amides is 2. The van der Waals surface area contributed by atoms with Gasteiger partial charge in [0.2, 0.25) is 11.1 Å². The fourth-order valence-electron chi connectivity index (χ4n) is 3.04. The molecule has 1 unspecified atom stereocenters. The normalized spacial score (nSPS) is 21.9. The molecule has 3 heterocycles. The molecule has 0 spiro atoms. The van der Waals surface area contributed by atoms with Gasteiger partial charge in [0, 0.05) is 11.5 Å². The third-order valence-corrected chi connectivity index (χ3v) is 7.99. The molecule has 1 aromatic rings. The number of tetrazole rings is 1. The Kier molecular flexibility index (Phi) is 7.57. The minimum atomic E-state index is -3.94. The van der Waals surface area contributed by atoms with E-state index in [9.17, 15) is 28.9 Å². The molecule has 0 aliphatic carbocycles. The minimum absolute atomic E-state index is 0.0352. The molecule has 0 radical (unpaired) electrons. The van der Waals surface area contributed by atoms with Crippen LogP contribution in [-0.4, -0.2) is 82.4 Å². The maximum Gasteiger partial charge on any atom is 0.352 e. The Morgan fingerprint density at radius 1 is 1.50 bits per heavy atom. The zero-order chi connectivity index (χ0) is 23.5. The van der Waals surface area contributed by atoms with E-state index in [4.69, 9.17) is 9.79 Å². The second-order valence-electron chi connectivity index (χ2n) is 6.49. The molecule has 0 aromatic carbocycles. The van der Waals surface area contributed by atoms with Crippen molar-refractivity contribution in [3.05, 3.63) is 11.3 Å².